The van der Waals surface area contributed by atoms with Crippen LogP contribution in [-0.2, 0) is 4.79 Å². The fourth-order valence-corrected chi connectivity index (χ4v) is 3.26. The van der Waals surface area contributed by atoms with Crippen molar-refractivity contribution in [3.8, 4) is 0 Å². The number of piperidine rings is 1. The highest BCUT2D eigenvalue weighted by atomic mass is 16.1. The Balaban J connectivity index is 1.54. The van der Waals surface area contributed by atoms with Gasteiger partial charge in [-0.25, -0.2) is 0 Å². The number of carbonyl (C=O) groups excluding carboxylic acids is 1. The molecule has 0 unspecified atom stereocenters. The molecule has 1 aliphatic carbocycles. The molecule has 0 spiro atoms. The molecule has 1 heterocycles. The topological polar surface area (TPSA) is 58.4 Å². The van der Waals surface area contributed by atoms with Gasteiger partial charge in [-0.2, -0.15) is 0 Å². The molecule has 0 aromatic carbocycles. The monoisotopic (exact) mass is 267 g/mol. The molecule has 4 nitrogen and oxygen atoms in total. The third-order valence-electron chi connectivity index (χ3n) is 4.56. The zero-order valence-electron chi connectivity index (χ0n) is 12.1. The molecular formula is C15H29N3O. The summed E-state index contributed by atoms with van der Waals surface area (Å²) >= 11 is 0. The van der Waals surface area contributed by atoms with E-state index in [-0.39, 0.29) is 5.91 Å². The second kappa shape index (κ2) is 7.85. The molecule has 0 aromatic rings. The molecule has 19 heavy (non-hydrogen) atoms. The van der Waals surface area contributed by atoms with Crippen molar-refractivity contribution < 1.29 is 4.79 Å². The number of nitrogens with one attached hydrogen (secondary N) is 1. The predicted octanol–water partition coefficient (Wildman–Crippen LogP) is 1.50. The zero-order valence-corrected chi connectivity index (χ0v) is 12.1. The maximum Gasteiger partial charge on any atom is 0.220 e. The maximum absolute atomic E-state index is 11.9. The van der Waals surface area contributed by atoms with Gasteiger partial charge in [0.2, 0.25) is 5.91 Å². The Morgan fingerprint density at radius 1 is 1.11 bits per heavy atom. The molecule has 1 aliphatic heterocycles. The molecule has 1 saturated heterocycles. The van der Waals surface area contributed by atoms with Gasteiger partial charge in [0.25, 0.3) is 0 Å². The molecular weight excluding hydrogens is 238 g/mol. The summed E-state index contributed by atoms with van der Waals surface area (Å²) in [5.74, 6) is 0.798. The number of nitrogens with two attached hydrogens (primary N) is 1. The van der Waals surface area contributed by atoms with Gasteiger partial charge in [0.15, 0.2) is 0 Å². The van der Waals surface area contributed by atoms with E-state index in [1.54, 1.807) is 0 Å². The van der Waals surface area contributed by atoms with Crippen molar-refractivity contribution in [3.63, 3.8) is 0 Å². The molecule has 0 aromatic heterocycles. The Labute approximate surface area is 117 Å². The third kappa shape index (κ3) is 5.49. The number of rotatable bonds is 5. The smallest absolute Gasteiger partial charge is 0.220 e. The minimum Gasteiger partial charge on any atom is -0.355 e. The van der Waals surface area contributed by atoms with Gasteiger partial charge in [0.05, 0.1) is 0 Å². The first-order chi connectivity index (χ1) is 9.24. The summed E-state index contributed by atoms with van der Waals surface area (Å²) in [6.07, 6.45) is 9.13. The van der Waals surface area contributed by atoms with E-state index >= 15 is 0 Å². The van der Waals surface area contributed by atoms with Crippen molar-refractivity contribution in [1.82, 2.24) is 10.2 Å². The minimum absolute atomic E-state index is 0.234. The molecule has 3 N–H and O–H groups in total. The van der Waals surface area contributed by atoms with Gasteiger partial charge in [0, 0.05) is 25.6 Å². The Bertz CT molecular complexity index is 269. The Hall–Kier alpha value is -0.610. The summed E-state index contributed by atoms with van der Waals surface area (Å²) < 4.78 is 0. The fourth-order valence-electron chi connectivity index (χ4n) is 3.26. The summed E-state index contributed by atoms with van der Waals surface area (Å²) in [5.41, 5.74) is 5.88. The quantitative estimate of drug-likeness (QED) is 0.793. The number of nitrogens with zero attached hydrogens (tertiary/aromatic N) is 1. The van der Waals surface area contributed by atoms with Crippen LogP contribution >= 0.6 is 0 Å². The van der Waals surface area contributed by atoms with Crippen LogP contribution in [0, 0.1) is 5.92 Å². The van der Waals surface area contributed by atoms with Crippen LogP contribution < -0.4 is 11.1 Å². The SMILES string of the molecule is NC1CCC(CC(=O)NCCN2CCCCC2)CC1. The van der Waals surface area contributed by atoms with Crippen molar-refractivity contribution in [3.05, 3.63) is 0 Å². The van der Waals surface area contributed by atoms with E-state index < -0.39 is 0 Å². The van der Waals surface area contributed by atoms with E-state index in [4.69, 9.17) is 5.73 Å². The molecule has 0 atom stereocenters. The van der Waals surface area contributed by atoms with Gasteiger partial charge in [-0.3, -0.25) is 4.79 Å². The summed E-state index contributed by atoms with van der Waals surface area (Å²) in [4.78, 5) is 14.3. The van der Waals surface area contributed by atoms with Crippen molar-refractivity contribution in [1.29, 1.82) is 0 Å². The van der Waals surface area contributed by atoms with Crippen molar-refractivity contribution >= 4 is 5.91 Å². The molecule has 2 rings (SSSR count). The van der Waals surface area contributed by atoms with E-state index in [0.29, 0.717) is 18.4 Å². The second-order valence-corrected chi connectivity index (χ2v) is 6.24. The number of hydrogen-bond donors (Lipinski definition) is 2. The predicted molar refractivity (Wildman–Crippen MR) is 77.9 cm³/mol. The van der Waals surface area contributed by atoms with Crippen LogP contribution in [-0.4, -0.2) is 43.0 Å². The van der Waals surface area contributed by atoms with Crippen LogP contribution in [0.3, 0.4) is 0 Å². The van der Waals surface area contributed by atoms with Crippen molar-refractivity contribution in [2.45, 2.75) is 57.4 Å². The highest BCUT2D eigenvalue weighted by Crippen LogP contribution is 2.25. The van der Waals surface area contributed by atoms with Crippen LogP contribution in [0.25, 0.3) is 0 Å². The lowest BCUT2D eigenvalue weighted by molar-refractivity contribution is -0.122. The minimum atomic E-state index is 0.234. The van der Waals surface area contributed by atoms with E-state index in [1.165, 1.54) is 32.4 Å². The average Bonchev–Trinajstić information content (AvgIpc) is 2.43. The molecule has 0 bridgehead atoms. The Morgan fingerprint density at radius 2 is 1.79 bits per heavy atom. The third-order valence-corrected chi connectivity index (χ3v) is 4.56. The highest BCUT2D eigenvalue weighted by molar-refractivity contribution is 5.76. The van der Waals surface area contributed by atoms with Crippen LogP contribution in [0.2, 0.25) is 0 Å². The van der Waals surface area contributed by atoms with Gasteiger partial charge in [-0.05, 0) is 57.5 Å². The molecule has 110 valence electrons. The number of amides is 1. The first-order valence-corrected chi connectivity index (χ1v) is 7.98. The number of likely N-dealkylation sites (tertiary alicyclic amines) is 1. The van der Waals surface area contributed by atoms with Gasteiger partial charge in [0.1, 0.15) is 0 Å². The standard InChI is InChI=1S/C15H29N3O/c16-14-6-4-13(5-7-14)12-15(19)17-8-11-18-9-2-1-3-10-18/h13-14H,1-12,16H2,(H,17,19). The summed E-state index contributed by atoms with van der Waals surface area (Å²) in [6.45, 7) is 4.24. The molecule has 1 saturated carbocycles. The van der Waals surface area contributed by atoms with Gasteiger partial charge in [-0.1, -0.05) is 6.42 Å². The number of hydrogen-bond acceptors (Lipinski definition) is 3. The van der Waals surface area contributed by atoms with E-state index in [1.807, 2.05) is 0 Å². The fraction of sp³-hybridized carbons (Fsp3) is 0.933. The average molecular weight is 267 g/mol. The lowest BCUT2D eigenvalue weighted by Gasteiger charge is -2.27. The molecule has 2 aliphatic rings. The first kappa shape index (κ1) is 14.8. The zero-order chi connectivity index (χ0) is 13.5. The van der Waals surface area contributed by atoms with Crippen molar-refractivity contribution in [2.75, 3.05) is 26.2 Å². The van der Waals surface area contributed by atoms with E-state index in [2.05, 4.69) is 10.2 Å². The lowest BCUT2D eigenvalue weighted by atomic mass is 9.84. The Morgan fingerprint density at radius 3 is 2.47 bits per heavy atom. The van der Waals surface area contributed by atoms with Crippen molar-refractivity contribution in [2.24, 2.45) is 11.7 Å². The molecule has 0 radical (unpaired) electrons. The van der Waals surface area contributed by atoms with E-state index in [9.17, 15) is 4.79 Å². The first-order valence-electron chi connectivity index (χ1n) is 7.98. The van der Waals surface area contributed by atoms with Gasteiger partial charge >= 0.3 is 0 Å². The Kier molecular flexibility index (Phi) is 6.11. The van der Waals surface area contributed by atoms with Gasteiger partial charge < -0.3 is 16.0 Å². The van der Waals surface area contributed by atoms with E-state index in [0.717, 1.165) is 38.8 Å². The second-order valence-electron chi connectivity index (χ2n) is 6.24. The maximum atomic E-state index is 11.9. The largest absolute Gasteiger partial charge is 0.355 e. The molecule has 1 amide bonds. The van der Waals surface area contributed by atoms with Crippen LogP contribution in [0.4, 0.5) is 0 Å². The molecule has 4 heteroatoms. The van der Waals surface area contributed by atoms with Crippen LogP contribution in [0.5, 0.6) is 0 Å². The highest BCUT2D eigenvalue weighted by Gasteiger charge is 2.20. The normalized spacial score (nSPS) is 29.1. The summed E-state index contributed by atoms with van der Waals surface area (Å²) in [6, 6.07) is 0.374. The number of carbonyl (C=O) groups is 1. The lowest BCUT2D eigenvalue weighted by Crippen LogP contribution is -2.38. The van der Waals surface area contributed by atoms with Crippen LogP contribution in [0.1, 0.15) is 51.4 Å². The van der Waals surface area contributed by atoms with Gasteiger partial charge in [-0.15, -0.1) is 0 Å². The molecule has 2 fully saturated rings. The summed E-state index contributed by atoms with van der Waals surface area (Å²) in [5, 5.41) is 3.08. The van der Waals surface area contributed by atoms with Crippen LogP contribution in [0.15, 0.2) is 0 Å². The summed E-state index contributed by atoms with van der Waals surface area (Å²) in [7, 11) is 0.